The number of amides is 1. The average Bonchev–Trinajstić information content (AvgIpc) is 3.19. The van der Waals surface area contributed by atoms with Crippen LogP contribution in [0.1, 0.15) is 40.0 Å². The molecule has 138 valence electrons. The number of pyridine rings is 1. The van der Waals surface area contributed by atoms with Crippen LogP contribution in [0.25, 0.3) is 0 Å². The molecule has 1 aliphatic carbocycles. The highest BCUT2D eigenvalue weighted by Gasteiger charge is 2.27. The van der Waals surface area contributed by atoms with Crippen molar-refractivity contribution in [2.45, 2.75) is 32.2 Å². The van der Waals surface area contributed by atoms with Gasteiger partial charge in [-0.15, -0.1) is 11.3 Å². The highest BCUT2D eigenvalue weighted by atomic mass is 32.1. The Hall–Kier alpha value is -2.93. The molecule has 4 rings (SSSR count). The third-order valence-electron chi connectivity index (χ3n) is 4.81. The first-order valence-electron chi connectivity index (χ1n) is 8.87. The van der Waals surface area contributed by atoms with Gasteiger partial charge in [0.25, 0.3) is 11.5 Å². The van der Waals surface area contributed by atoms with Gasteiger partial charge in [0.15, 0.2) is 5.13 Å². The standard InChI is InChI=1S/C20H19N3O3S/c24-17-14-8-4-5-9-15(14)23(12-13-6-2-1-3-7-13)19(26)16(17)18(25)22-20-21-10-11-27-20/h1-3,6-7,10-11,24H,4-5,8-9,12H2,(H,21,22,25). The number of nitrogens with zero attached hydrogens (tertiary/aromatic N) is 2. The van der Waals surface area contributed by atoms with Crippen LogP contribution in [0.2, 0.25) is 0 Å². The maximum Gasteiger partial charge on any atom is 0.267 e. The van der Waals surface area contributed by atoms with E-state index in [1.165, 1.54) is 11.3 Å². The molecule has 0 aliphatic heterocycles. The smallest absolute Gasteiger partial charge is 0.267 e. The van der Waals surface area contributed by atoms with Gasteiger partial charge in [0.2, 0.25) is 0 Å². The summed E-state index contributed by atoms with van der Waals surface area (Å²) in [5.41, 5.74) is 1.84. The number of hydrogen-bond donors (Lipinski definition) is 2. The molecule has 0 atom stereocenters. The number of anilines is 1. The van der Waals surface area contributed by atoms with Crippen LogP contribution < -0.4 is 10.9 Å². The van der Waals surface area contributed by atoms with Crippen molar-refractivity contribution in [1.82, 2.24) is 9.55 Å². The Morgan fingerprint density at radius 1 is 1.22 bits per heavy atom. The molecule has 0 unspecified atom stereocenters. The summed E-state index contributed by atoms with van der Waals surface area (Å²) in [6.07, 6.45) is 4.84. The predicted molar refractivity (Wildman–Crippen MR) is 105 cm³/mol. The van der Waals surface area contributed by atoms with Gasteiger partial charge >= 0.3 is 0 Å². The molecule has 1 aliphatic rings. The lowest BCUT2D eigenvalue weighted by Gasteiger charge is -2.23. The number of rotatable bonds is 4. The molecule has 2 heterocycles. The van der Waals surface area contributed by atoms with Crippen LogP contribution in [0.5, 0.6) is 5.75 Å². The number of benzene rings is 1. The van der Waals surface area contributed by atoms with Crippen LogP contribution in [-0.2, 0) is 19.4 Å². The minimum atomic E-state index is -0.623. The normalized spacial score (nSPS) is 13.2. The average molecular weight is 381 g/mol. The predicted octanol–water partition coefficient (Wildman–Crippen LogP) is 3.19. The zero-order chi connectivity index (χ0) is 18.8. The Morgan fingerprint density at radius 3 is 2.74 bits per heavy atom. The van der Waals surface area contributed by atoms with Gasteiger partial charge in [0, 0.05) is 22.8 Å². The third-order valence-corrected chi connectivity index (χ3v) is 5.50. The Labute approximate surface area is 160 Å². The second-order valence-electron chi connectivity index (χ2n) is 6.52. The molecule has 0 fully saturated rings. The van der Waals surface area contributed by atoms with Crippen LogP contribution in [0.3, 0.4) is 0 Å². The minimum Gasteiger partial charge on any atom is -0.507 e. The maximum absolute atomic E-state index is 13.2. The zero-order valence-electron chi connectivity index (χ0n) is 14.6. The van der Waals surface area contributed by atoms with Crippen molar-refractivity contribution in [2.24, 2.45) is 0 Å². The van der Waals surface area contributed by atoms with Gasteiger partial charge in [0.05, 0.1) is 6.54 Å². The van der Waals surface area contributed by atoms with E-state index < -0.39 is 11.5 Å². The van der Waals surface area contributed by atoms with Crippen LogP contribution in [-0.4, -0.2) is 20.6 Å². The van der Waals surface area contributed by atoms with Gasteiger partial charge in [-0.1, -0.05) is 30.3 Å². The summed E-state index contributed by atoms with van der Waals surface area (Å²) in [6, 6.07) is 9.66. The monoisotopic (exact) mass is 381 g/mol. The van der Waals surface area contributed by atoms with Crippen LogP contribution >= 0.6 is 11.3 Å². The molecule has 0 saturated carbocycles. The SMILES string of the molecule is O=C(Nc1nccs1)c1c(O)c2c(n(Cc3ccccc3)c1=O)CCCC2. The summed E-state index contributed by atoms with van der Waals surface area (Å²) in [6.45, 7) is 0.375. The lowest BCUT2D eigenvalue weighted by atomic mass is 9.92. The molecule has 2 N–H and O–H groups in total. The van der Waals surface area contributed by atoms with E-state index in [0.29, 0.717) is 23.7 Å². The summed E-state index contributed by atoms with van der Waals surface area (Å²) >= 11 is 1.26. The quantitative estimate of drug-likeness (QED) is 0.727. The molecule has 1 aromatic carbocycles. The first-order chi connectivity index (χ1) is 13.1. The van der Waals surface area contributed by atoms with Crippen molar-refractivity contribution < 1.29 is 9.90 Å². The number of nitrogens with one attached hydrogen (secondary N) is 1. The largest absolute Gasteiger partial charge is 0.507 e. The number of aromatic hydroxyl groups is 1. The lowest BCUT2D eigenvalue weighted by molar-refractivity contribution is 0.102. The van der Waals surface area contributed by atoms with E-state index in [9.17, 15) is 14.7 Å². The molecule has 3 aromatic rings. The molecule has 27 heavy (non-hydrogen) atoms. The third kappa shape index (κ3) is 3.38. The number of thiazole rings is 1. The topological polar surface area (TPSA) is 84.2 Å². The molecule has 0 radical (unpaired) electrons. The summed E-state index contributed by atoms with van der Waals surface area (Å²) in [4.78, 5) is 29.9. The molecule has 0 spiro atoms. The van der Waals surface area contributed by atoms with Crippen molar-refractivity contribution in [3.05, 3.63) is 74.6 Å². The summed E-state index contributed by atoms with van der Waals surface area (Å²) < 4.78 is 1.64. The number of hydrogen-bond acceptors (Lipinski definition) is 5. The van der Waals surface area contributed by atoms with Gasteiger partial charge in [0.1, 0.15) is 11.3 Å². The van der Waals surface area contributed by atoms with Crippen molar-refractivity contribution in [1.29, 1.82) is 0 Å². The fourth-order valence-electron chi connectivity index (χ4n) is 3.53. The number of carbonyl (C=O) groups excluding carboxylic acids is 1. The van der Waals surface area contributed by atoms with Crippen molar-refractivity contribution in [2.75, 3.05) is 5.32 Å². The van der Waals surface area contributed by atoms with E-state index in [-0.39, 0.29) is 11.3 Å². The summed E-state index contributed by atoms with van der Waals surface area (Å²) in [5.74, 6) is -0.810. The van der Waals surface area contributed by atoms with Crippen molar-refractivity contribution in [3.8, 4) is 5.75 Å². The van der Waals surface area contributed by atoms with Gasteiger partial charge in [-0.2, -0.15) is 0 Å². The van der Waals surface area contributed by atoms with E-state index in [1.807, 2.05) is 30.3 Å². The van der Waals surface area contributed by atoms with Gasteiger partial charge in [-0.3, -0.25) is 14.9 Å². The van der Waals surface area contributed by atoms with Crippen molar-refractivity contribution in [3.63, 3.8) is 0 Å². The van der Waals surface area contributed by atoms with Crippen LogP contribution in [0, 0.1) is 0 Å². The molecule has 0 saturated heterocycles. The van der Waals surface area contributed by atoms with E-state index >= 15 is 0 Å². The Balaban J connectivity index is 1.82. The Kier molecular flexibility index (Phi) is 4.77. The van der Waals surface area contributed by atoms with Gasteiger partial charge in [-0.25, -0.2) is 4.98 Å². The first kappa shape index (κ1) is 17.5. The number of carbonyl (C=O) groups is 1. The van der Waals surface area contributed by atoms with Crippen LogP contribution in [0.4, 0.5) is 5.13 Å². The molecule has 0 bridgehead atoms. The maximum atomic E-state index is 13.2. The Bertz CT molecular complexity index is 1030. The molecule has 6 nitrogen and oxygen atoms in total. The molecular formula is C20H19N3O3S. The molecular weight excluding hydrogens is 362 g/mol. The zero-order valence-corrected chi connectivity index (χ0v) is 15.5. The fraction of sp³-hybridized carbons (Fsp3) is 0.250. The number of aromatic nitrogens is 2. The lowest BCUT2D eigenvalue weighted by Crippen LogP contribution is -2.34. The van der Waals surface area contributed by atoms with Crippen molar-refractivity contribution >= 4 is 22.4 Å². The highest BCUT2D eigenvalue weighted by molar-refractivity contribution is 7.13. The molecule has 2 aromatic heterocycles. The van der Waals surface area contributed by atoms with E-state index in [0.717, 1.165) is 30.5 Å². The molecule has 1 amide bonds. The highest BCUT2D eigenvalue weighted by Crippen LogP contribution is 2.31. The van der Waals surface area contributed by atoms with Gasteiger partial charge < -0.3 is 9.67 Å². The Morgan fingerprint density at radius 2 is 2.00 bits per heavy atom. The fourth-order valence-corrected chi connectivity index (χ4v) is 4.06. The van der Waals surface area contributed by atoms with E-state index in [2.05, 4.69) is 10.3 Å². The first-order valence-corrected chi connectivity index (χ1v) is 9.75. The second-order valence-corrected chi connectivity index (χ2v) is 7.42. The minimum absolute atomic E-state index is 0.187. The van der Waals surface area contributed by atoms with E-state index in [4.69, 9.17) is 0 Å². The number of fused-ring (bicyclic) bond motifs is 1. The summed E-state index contributed by atoms with van der Waals surface area (Å²) in [7, 11) is 0. The summed E-state index contributed by atoms with van der Waals surface area (Å²) in [5, 5.41) is 15.5. The second kappa shape index (κ2) is 7.36. The van der Waals surface area contributed by atoms with E-state index in [1.54, 1.807) is 16.1 Å². The van der Waals surface area contributed by atoms with Crippen LogP contribution in [0.15, 0.2) is 46.7 Å². The van der Waals surface area contributed by atoms with Gasteiger partial charge in [-0.05, 0) is 31.2 Å². The molecule has 7 heteroatoms.